The molecule has 0 fully saturated rings. The van der Waals surface area contributed by atoms with Crippen molar-refractivity contribution in [1.82, 2.24) is 0 Å². The summed E-state index contributed by atoms with van der Waals surface area (Å²) in [6.07, 6.45) is 0.397. The largest absolute Gasteiger partial charge is 0.496 e. The molecule has 0 aliphatic rings. The van der Waals surface area contributed by atoms with Crippen LogP contribution in [0.4, 0.5) is 5.69 Å². The average molecular weight is 331 g/mol. The lowest BCUT2D eigenvalue weighted by molar-refractivity contribution is 0.0694. The summed E-state index contributed by atoms with van der Waals surface area (Å²) in [5.41, 5.74) is 3.36. The van der Waals surface area contributed by atoms with Crippen LogP contribution in [-0.2, 0) is 6.42 Å². The third-order valence-electron chi connectivity index (χ3n) is 4.09. The van der Waals surface area contributed by atoms with Crippen molar-refractivity contribution < 1.29 is 23.8 Å². The number of amides is 1. The first-order chi connectivity index (χ1) is 11.3. The molecular weight excluding hydrogens is 310 g/mol. The van der Waals surface area contributed by atoms with Crippen LogP contribution in [0.2, 0.25) is 0 Å². The van der Waals surface area contributed by atoms with Crippen LogP contribution in [0.1, 0.15) is 50.3 Å². The zero-order valence-electron chi connectivity index (χ0n) is 14.4. The van der Waals surface area contributed by atoms with Gasteiger partial charge >= 0.3 is 5.97 Å². The minimum Gasteiger partial charge on any atom is -0.496 e. The third-order valence-corrected chi connectivity index (χ3v) is 4.09. The highest BCUT2D eigenvalue weighted by molar-refractivity contribution is 6.05. The molecule has 0 unspecified atom stereocenters. The molecule has 2 N–H and O–H groups in total. The van der Waals surface area contributed by atoms with Gasteiger partial charge in [0.1, 0.15) is 17.1 Å². The molecule has 0 bridgehead atoms. The van der Waals surface area contributed by atoms with E-state index >= 15 is 0 Å². The van der Waals surface area contributed by atoms with Crippen LogP contribution in [0.5, 0.6) is 5.75 Å². The van der Waals surface area contributed by atoms with E-state index in [4.69, 9.17) is 14.3 Å². The van der Waals surface area contributed by atoms with E-state index in [1.54, 1.807) is 14.0 Å². The van der Waals surface area contributed by atoms with Gasteiger partial charge < -0.3 is 19.6 Å². The van der Waals surface area contributed by atoms with Crippen molar-refractivity contribution in [3.05, 3.63) is 45.9 Å². The van der Waals surface area contributed by atoms with Crippen molar-refractivity contribution in [2.24, 2.45) is 0 Å². The second kappa shape index (κ2) is 6.78. The summed E-state index contributed by atoms with van der Waals surface area (Å²) in [5, 5.41) is 12.0. The van der Waals surface area contributed by atoms with Gasteiger partial charge in [-0.3, -0.25) is 4.79 Å². The predicted molar refractivity (Wildman–Crippen MR) is 90.2 cm³/mol. The summed E-state index contributed by atoms with van der Waals surface area (Å²) < 4.78 is 10.7. The number of furan rings is 1. The first kappa shape index (κ1) is 17.6. The molecule has 6 nitrogen and oxygen atoms in total. The van der Waals surface area contributed by atoms with Crippen LogP contribution in [0, 0.1) is 20.8 Å². The Morgan fingerprint density at radius 2 is 1.88 bits per heavy atom. The van der Waals surface area contributed by atoms with Crippen LogP contribution in [0.15, 0.2) is 16.5 Å². The Labute approximate surface area is 140 Å². The second-order valence-electron chi connectivity index (χ2n) is 5.58. The number of nitrogens with one attached hydrogen (secondary N) is 1. The summed E-state index contributed by atoms with van der Waals surface area (Å²) in [6, 6.07) is 3.11. The van der Waals surface area contributed by atoms with E-state index in [1.165, 1.54) is 6.07 Å². The van der Waals surface area contributed by atoms with Gasteiger partial charge in [0, 0.05) is 18.2 Å². The van der Waals surface area contributed by atoms with E-state index in [0.717, 1.165) is 22.4 Å². The quantitative estimate of drug-likeness (QED) is 0.871. The van der Waals surface area contributed by atoms with Gasteiger partial charge in [0.15, 0.2) is 5.76 Å². The summed E-state index contributed by atoms with van der Waals surface area (Å²) in [7, 11) is 1.60. The molecule has 1 aromatic heterocycles. The molecule has 0 aliphatic heterocycles. The lowest BCUT2D eigenvalue weighted by Gasteiger charge is -2.16. The van der Waals surface area contributed by atoms with Crippen LogP contribution < -0.4 is 10.1 Å². The Balaban J connectivity index is 2.37. The van der Waals surface area contributed by atoms with Gasteiger partial charge in [0.05, 0.1) is 7.11 Å². The summed E-state index contributed by atoms with van der Waals surface area (Å²) in [6.45, 7) is 7.44. The molecule has 1 heterocycles. The van der Waals surface area contributed by atoms with E-state index in [2.05, 4.69) is 5.32 Å². The van der Waals surface area contributed by atoms with Crippen LogP contribution in [0.3, 0.4) is 0 Å². The Morgan fingerprint density at radius 3 is 2.38 bits per heavy atom. The van der Waals surface area contributed by atoms with Crippen molar-refractivity contribution in [3.8, 4) is 5.75 Å². The van der Waals surface area contributed by atoms with Crippen LogP contribution in [0.25, 0.3) is 0 Å². The van der Waals surface area contributed by atoms with Crippen molar-refractivity contribution in [2.45, 2.75) is 34.1 Å². The SMILES string of the molecule is CCc1oc(C(=O)Nc2c(C)cc(OC)c(C)c2C)cc1C(=O)O. The molecule has 0 saturated carbocycles. The zero-order valence-corrected chi connectivity index (χ0v) is 14.4. The zero-order chi connectivity index (χ0) is 18.0. The fourth-order valence-corrected chi connectivity index (χ4v) is 2.61. The number of benzene rings is 1. The molecule has 1 amide bonds. The lowest BCUT2D eigenvalue weighted by atomic mass is 10.0. The number of carboxylic acids is 1. The van der Waals surface area contributed by atoms with Crippen molar-refractivity contribution >= 4 is 17.6 Å². The third kappa shape index (κ3) is 3.13. The molecule has 1 aromatic carbocycles. The monoisotopic (exact) mass is 331 g/mol. The Morgan fingerprint density at radius 1 is 1.21 bits per heavy atom. The Kier molecular flexibility index (Phi) is 4.97. The van der Waals surface area contributed by atoms with Crippen molar-refractivity contribution in [3.63, 3.8) is 0 Å². The summed E-state index contributed by atoms with van der Waals surface area (Å²) in [5.74, 6) is -0.568. The van der Waals surface area contributed by atoms with Gasteiger partial charge in [-0.1, -0.05) is 6.92 Å². The smallest absolute Gasteiger partial charge is 0.339 e. The van der Waals surface area contributed by atoms with E-state index in [9.17, 15) is 9.59 Å². The van der Waals surface area contributed by atoms with E-state index in [1.807, 2.05) is 26.8 Å². The highest BCUT2D eigenvalue weighted by atomic mass is 16.5. The molecule has 0 saturated heterocycles. The number of carboxylic acid groups (broad SMARTS) is 1. The molecule has 2 rings (SSSR count). The topological polar surface area (TPSA) is 88.8 Å². The number of carbonyl (C=O) groups excluding carboxylic acids is 1. The summed E-state index contributed by atoms with van der Waals surface area (Å²) in [4.78, 5) is 23.7. The molecule has 128 valence electrons. The lowest BCUT2D eigenvalue weighted by Crippen LogP contribution is -2.14. The Hall–Kier alpha value is -2.76. The molecule has 0 spiro atoms. The van der Waals surface area contributed by atoms with Gasteiger partial charge in [-0.15, -0.1) is 0 Å². The minimum atomic E-state index is -1.11. The predicted octanol–water partition coefficient (Wildman–Crippen LogP) is 3.73. The number of ether oxygens (including phenoxy) is 1. The fourth-order valence-electron chi connectivity index (χ4n) is 2.61. The maximum Gasteiger partial charge on any atom is 0.339 e. The average Bonchev–Trinajstić information content (AvgIpc) is 2.99. The molecule has 0 atom stereocenters. The number of carbonyl (C=O) groups is 2. The highest BCUT2D eigenvalue weighted by Crippen LogP contribution is 2.31. The van der Waals surface area contributed by atoms with Crippen LogP contribution >= 0.6 is 0 Å². The maximum atomic E-state index is 12.5. The molecule has 0 aliphatic carbocycles. The van der Waals surface area contributed by atoms with E-state index in [0.29, 0.717) is 12.1 Å². The van der Waals surface area contributed by atoms with Gasteiger partial charge in [0.2, 0.25) is 0 Å². The highest BCUT2D eigenvalue weighted by Gasteiger charge is 2.21. The minimum absolute atomic E-state index is 0.0157. The number of aromatic carboxylic acids is 1. The van der Waals surface area contributed by atoms with Crippen molar-refractivity contribution in [2.75, 3.05) is 12.4 Å². The maximum absolute atomic E-state index is 12.5. The number of anilines is 1. The number of hydrogen-bond donors (Lipinski definition) is 2. The number of methoxy groups -OCH3 is 1. The van der Waals surface area contributed by atoms with Crippen molar-refractivity contribution in [1.29, 1.82) is 0 Å². The number of aryl methyl sites for hydroxylation is 2. The number of hydrogen-bond acceptors (Lipinski definition) is 4. The van der Waals surface area contributed by atoms with E-state index < -0.39 is 11.9 Å². The first-order valence-electron chi connectivity index (χ1n) is 7.62. The Bertz CT molecular complexity index is 804. The molecule has 0 radical (unpaired) electrons. The fraction of sp³-hybridized carbons (Fsp3) is 0.333. The molecular formula is C18H21NO5. The van der Waals surface area contributed by atoms with Gasteiger partial charge in [-0.05, 0) is 43.5 Å². The molecule has 2 aromatic rings. The second-order valence-corrected chi connectivity index (χ2v) is 5.58. The van der Waals surface area contributed by atoms with Gasteiger partial charge in [-0.2, -0.15) is 0 Å². The number of rotatable bonds is 5. The standard InChI is InChI=1S/C18H21NO5/c1-6-13-12(18(21)22)8-15(24-13)17(20)19-16-9(2)7-14(23-5)10(3)11(16)4/h7-8H,6H2,1-5H3,(H,19,20)(H,21,22). The van der Waals surface area contributed by atoms with Gasteiger partial charge in [-0.25, -0.2) is 4.79 Å². The first-order valence-corrected chi connectivity index (χ1v) is 7.62. The van der Waals surface area contributed by atoms with Crippen LogP contribution in [-0.4, -0.2) is 24.1 Å². The van der Waals surface area contributed by atoms with E-state index in [-0.39, 0.29) is 17.1 Å². The molecule has 24 heavy (non-hydrogen) atoms. The summed E-state index contributed by atoms with van der Waals surface area (Å²) >= 11 is 0. The normalized spacial score (nSPS) is 10.5. The molecule has 6 heteroatoms. The van der Waals surface area contributed by atoms with Gasteiger partial charge in [0.25, 0.3) is 5.91 Å².